The molecule has 1 aromatic carbocycles. The van der Waals surface area contributed by atoms with E-state index in [1.807, 2.05) is 0 Å². The number of benzene rings is 1. The minimum absolute atomic E-state index is 0.0701. The zero-order valence-electron chi connectivity index (χ0n) is 10.2. The van der Waals surface area contributed by atoms with Crippen molar-refractivity contribution in [3.8, 4) is 5.75 Å². The van der Waals surface area contributed by atoms with Crippen LogP contribution < -0.4 is 10.5 Å². The van der Waals surface area contributed by atoms with Gasteiger partial charge in [0, 0.05) is 13.1 Å². The second-order valence-corrected chi connectivity index (χ2v) is 5.39. The summed E-state index contributed by atoms with van der Waals surface area (Å²) in [5, 5.41) is 0. The van der Waals surface area contributed by atoms with E-state index in [2.05, 4.69) is 0 Å². The Bertz CT molecular complexity index is 481. The maximum absolute atomic E-state index is 12.1. The molecule has 0 amide bonds. The Hall–Kier alpha value is -1.27. The highest BCUT2D eigenvalue weighted by Crippen LogP contribution is 2.27. The molecule has 0 aromatic heterocycles. The quantitative estimate of drug-likeness (QED) is 0.805. The molecule has 0 aliphatic heterocycles. The fraction of sp³-hybridized carbons (Fsp3) is 0.455. The molecule has 0 fully saturated rings. The molecule has 95 valence electrons. The van der Waals surface area contributed by atoms with Gasteiger partial charge in [0.2, 0.25) is 10.0 Å². The Morgan fingerprint density at radius 2 is 1.88 bits per heavy atom. The Balaban J connectivity index is 3.20. The van der Waals surface area contributed by atoms with Crippen molar-refractivity contribution in [1.29, 1.82) is 0 Å². The van der Waals surface area contributed by atoms with E-state index in [-0.39, 0.29) is 10.6 Å². The molecular weight excluding hydrogens is 240 g/mol. The van der Waals surface area contributed by atoms with Crippen LogP contribution in [0.1, 0.15) is 13.8 Å². The van der Waals surface area contributed by atoms with Crippen LogP contribution in [0.3, 0.4) is 0 Å². The van der Waals surface area contributed by atoms with Crippen LogP contribution in [0.4, 0.5) is 5.69 Å². The minimum Gasteiger partial charge on any atom is -0.495 e. The largest absolute Gasteiger partial charge is 0.495 e. The molecule has 17 heavy (non-hydrogen) atoms. The first-order valence-electron chi connectivity index (χ1n) is 5.37. The fourth-order valence-electron chi connectivity index (χ4n) is 1.56. The maximum Gasteiger partial charge on any atom is 0.243 e. The van der Waals surface area contributed by atoms with Crippen molar-refractivity contribution >= 4 is 15.7 Å². The van der Waals surface area contributed by atoms with Crippen molar-refractivity contribution in [2.24, 2.45) is 0 Å². The lowest BCUT2D eigenvalue weighted by atomic mass is 10.3. The average molecular weight is 257 g/mol. The van der Waals surface area contributed by atoms with Crippen LogP contribution in [-0.4, -0.2) is 32.9 Å². The molecule has 1 N–H and O–H groups in total. The van der Waals surface area contributed by atoms with Crippen molar-refractivity contribution in [3.63, 3.8) is 0 Å². The van der Waals surface area contributed by atoms with Gasteiger partial charge in [-0.1, -0.05) is 13.8 Å². The Kier molecular flexibility index (Phi) is 4.36. The molecule has 0 aliphatic carbocycles. The molecule has 0 bridgehead atoms. The monoisotopic (exact) mass is 257 g/mol. The second-order valence-electron chi connectivity index (χ2n) is 3.45. The SMILES string of the molecule is CCN(CC)S(=O)(=O)c1ccc(OC)c([NH])c1. The second kappa shape index (κ2) is 5.37. The van der Waals surface area contributed by atoms with E-state index in [0.29, 0.717) is 18.8 Å². The van der Waals surface area contributed by atoms with E-state index >= 15 is 0 Å². The van der Waals surface area contributed by atoms with Crippen LogP contribution in [0, 0.1) is 0 Å². The first-order valence-corrected chi connectivity index (χ1v) is 6.81. The molecule has 5 nitrogen and oxygen atoms in total. The van der Waals surface area contributed by atoms with Crippen molar-refractivity contribution < 1.29 is 13.2 Å². The number of nitrogens with zero attached hydrogens (tertiary/aromatic N) is 1. The number of hydrogen-bond donors (Lipinski definition) is 0. The minimum atomic E-state index is -3.49. The van der Waals surface area contributed by atoms with Gasteiger partial charge in [0.15, 0.2) is 0 Å². The molecule has 1 radical (unpaired) electrons. The topological polar surface area (TPSA) is 70.4 Å². The highest BCUT2D eigenvalue weighted by atomic mass is 32.2. The molecule has 0 unspecified atom stereocenters. The van der Waals surface area contributed by atoms with E-state index in [1.54, 1.807) is 13.8 Å². The van der Waals surface area contributed by atoms with Gasteiger partial charge in [-0.3, -0.25) is 5.73 Å². The summed E-state index contributed by atoms with van der Waals surface area (Å²) in [6.07, 6.45) is 0. The summed E-state index contributed by atoms with van der Waals surface area (Å²) in [6, 6.07) is 4.27. The van der Waals surface area contributed by atoms with E-state index in [0.717, 1.165) is 0 Å². The van der Waals surface area contributed by atoms with Gasteiger partial charge in [0.1, 0.15) is 5.75 Å². The zero-order chi connectivity index (χ0) is 13.1. The van der Waals surface area contributed by atoms with E-state index < -0.39 is 10.0 Å². The standard InChI is InChI=1S/C11H17N2O3S/c1-4-13(5-2)17(14,15)9-6-7-11(16-3)10(12)8-9/h6-8,12H,4-5H2,1-3H3. The van der Waals surface area contributed by atoms with Crippen molar-refractivity contribution in [2.75, 3.05) is 20.2 Å². The van der Waals surface area contributed by atoms with Crippen LogP contribution in [0.2, 0.25) is 0 Å². The van der Waals surface area contributed by atoms with Gasteiger partial charge in [0.25, 0.3) is 0 Å². The van der Waals surface area contributed by atoms with Crippen LogP contribution in [0.15, 0.2) is 23.1 Å². The third kappa shape index (κ3) is 2.70. The maximum atomic E-state index is 12.1. The molecule has 0 saturated carbocycles. The van der Waals surface area contributed by atoms with Gasteiger partial charge in [-0.2, -0.15) is 4.31 Å². The van der Waals surface area contributed by atoms with E-state index in [9.17, 15) is 8.42 Å². The molecule has 0 saturated heterocycles. The number of hydrogen-bond acceptors (Lipinski definition) is 3. The number of ether oxygens (including phenoxy) is 1. The Labute approximate surface area is 102 Å². The molecule has 1 aromatic rings. The summed E-state index contributed by atoms with van der Waals surface area (Å²) < 4.78 is 30.6. The van der Waals surface area contributed by atoms with Crippen LogP contribution >= 0.6 is 0 Å². The number of nitrogens with one attached hydrogen (secondary N) is 1. The van der Waals surface area contributed by atoms with Gasteiger partial charge in [-0.05, 0) is 18.2 Å². The lowest BCUT2D eigenvalue weighted by Crippen LogP contribution is -2.30. The molecule has 6 heteroatoms. The first-order chi connectivity index (χ1) is 7.97. The summed E-state index contributed by atoms with van der Waals surface area (Å²) in [6.45, 7) is 4.40. The summed E-state index contributed by atoms with van der Waals surface area (Å²) in [7, 11) is -2.04. The number of sulfonamides is 1. The highest BCUT2D eigenvalue weighted by molar-refractivity contribution is 7.89. The first kappa shape index (κ1) is 13.8. The van der Waals surface area contributed by atoms with Crippen LogP contribution in [0.5, 0.6) is 5.75 Å². The third-order valence-electron chi connectivity index (χ3n) is 2.51. The van der Waals surface area contributed by atoms with Gasteiger partial charge in [-0.15, -0.1) is 0 Å². The summed E-state index contributed by atoms with van der Waals surface area (Å²) in [4.78, 5) is 0.131. The predicted octanol–water partition coefficient (Wildman–Crippen LogP) is 1.64. The van der Waals surface area contributed by atoms with Gasteiger partial charge < -0.3 is 4.74 Å². The molecule has 0 aliphatic rings. The fourth-order valence-corrected chi connectivity index (χ4v) is 3.04. The lowest BCUT2D eigenvalue weighted by molar-refractivity contribution is 0.415. The average Bonchev–Trinajstić information content (AvgIpc) is 2.30. The smallest absolute Gasteiger partial charge is 0.243 e. The predicted molar refractivity (Wildman–Crippen MR) is 65.9 cm³/mol. The highest BCUT2D eigenvalue weighted by Gasteiger charge is 2.22. The molecule has 0 heterocycles. The van der Waals surface area contributed by atoms with Crippen molar-refractivity contribution in [3.05, 3.63) is 18.2 Å². The summed E-state index contributed by atoms with van der Waals surface area (Å²) in [5.74, 6) is 0.364. The van der Waals surface area contributed by atoms with E-state index in [1.165, 1.54) is 29.6 Å². The third-order valence-corrected chi connectivity index (χ3v) is 4.56. The summed E-state index contributed by atoms with van der Waals surface area (Å²) in [5.41, 5.74) is 7.71. The van der Waals surface area contributed by atoms with Gasteiger partial charge in [-0.25, -0.2) is 8.42 Å². The number of rotatable bonds is 5. The van der Waals surface area contributed by atoms with Crippen LogP contribution in [0.25, 0.3) is 0 Å². The molecular formula is C11H17N2O3S. The molecule has 0 atom stereocenters. The van der Waals surface area contributed by atoms with Crippen molar-refractivity contribution in [1.82, 2.24) is 10.0 Å². The molecule has 1 rings (SSSR count). The Morgan fingerprint density at radius 3 is 2.29 bits per heavy atom. The summed E-state index contributed by atoms with van der Waals surface area (Å²) >= 11 is 0. The van der Waals surface area contributed by atoms with Gasteiger partial charge >= 0.3 is 0 Å². The Morgan fingerprint density at radius 1 is 1.29 bits per heavy atom. The number of methoxy groups -OCH3 is 1. The van der Waals surface area contributed by atoms with Crippen molar-refractivity contribution in [2.45, 2.75) is 18.7 Å². The lowest BCUT2D eigenvalue weighted by Gasteiger charge is -2.18. The van der Waals surface area contributed by atoms with Crippen LogP contribution in [-0.2, 0) is 10.0 Å². The molecule has 0 spiro atoms. The van der Waals surface area contributed by atoms with Gasteiger partial charge in [0.05, 0.1) is 17.7 Å². The normalized spacial score (nSPS) is 11.8. The van der Waals surface area contributed by atoms with E-state index in [4.69, 9.17) is 10.5 Å². The zero-order valence-corrected chi connectivity index (χ0v) is 11.0.